The van der Waals surface area contributed by atoms with E-state index in [1.165, 1.54) is 0 Å². The van der Waals surface area contributed by atoms with E-state index < -0.39 is 0 Å². The molecule has 0 fully saturated rings. The van der Waals surface area contributed by atoms with Crippen LogP contribution in [0.25, 0.3) is 67.2 Å². The molecule has 4 heteroatoms. The minimum atomic E-state index is 0.620. The number of hydrogen-bond acceptors (Lipinski definition) is 4. The summed E-state index contributed by atoms with van der Waals surface area (Å²) in [6.45, 7) is 0. The molecule has 7 rings (SSSR count). The zero-order valence-corrected chi connectivity index (χ0v) is 22.6. The van der Waals surface area contributed by atoms with Gasteiger partial charge in [0, 0.05) is 16.7 Å². The Morgan fingerprint density at radius 1 is 0.429 bits per heavy atom. The maximum absolute atomic E-state index is 9.52. The first-order valence-corrected chi connectivity index (χ1v) is 13.8. The summed E-state index contributed by atoms with van der Waals surface area (Å²) < 4.78 is 0. The van der Waals surface area contributed by atoms with Gasteiger partial charge in [0.2, 0.25) is 0 Å². The van der Waals surface area contributed by atoms with Gasteiger partial charge in [-0.25, -0.2) is 15.0 Å². The van der Waals surface area contributed by atoms with E-state index in [-0.39, 0.29) is 0 Å². The van der Waals surface area contributed by atoms with Crippen molar-refractivity contribution in [3.8, 4) is 62.5 Å². The van der Waals surface area contributed by atoms with Crippen LogP contribution in [-0.4, -0.2) is 15.0 Å². The summed E-state index contributed by atoms with van der Waals surface area (Å²) >= 11 is 0. The Morgan fingerprint density at radius 3 is 1.57 bits per heavy atom. The fraction of sp³-hybridized carbons (Fsp3) is 0. The van der Waals surface area contributed by atoms with Gasteiger partial charge in [-0.1, -0.05) is 133 Å². The van der Waals surface area contributed by atoms with E-state index >= 15 is 0 Å². The molecule has 0 aliphatic carbocycles. The number of aromatic nitrogens is 3. The van der Waals surface area contributed by atoms with Gasteiger partial charge in [0.1, 0.15) is 0 Å². The number of nitriles is 1. The first-order valence-electron chi connectivity index (χ1n) is 13.8. The first-order chi connectivity index (χ1) is 20.8. The third-order valence-corrected chi connectivity index (χ3v) is 7.36. The fourth-order valence-corrected chi connectivity index (χ4v) is 5.30. The molecule has 1 aromatic heterocycles. The van der Waals surface area contributed by atoms with E-state index in [2.05, 4.69) is 72.8 Å². The Hall–Kier alpha value is -5.92. The number of nitrogens with zero attached hydrogens (tertiary/aromatic N) is 4. The van der Waals surface area contributed by atoms with Crippen LogP contribution >= 0.6 is 0 Å². The van der Waals surface area contributed by atoms with E-state index in [1.807, 2.05) is 78.9 Å². The lowest BCUT2D eigenvalue weighted by atomic mass is 9.89. The third kappa shape index (κ3) is 4.81. The molecule has 0 saturated heterocycles. The quantitative estimate of drug-likeness (QED) is 0.220. The molecule has 0 unspecified atom stereocenters. The smallest absolute Gasteiger partial charge is 0.164 e. The molecule has 6 aromatic carbocycles. The normalized spacial score (nSPS) is 10.8. The maximum Gasteiger partial charge on any atom is 0.164 e. The predicted molar refractivity (Wildman–Crippen MR) is 169 cm³/mol. The molecule has 0 saturated carbocycles. The van der Waals surface area contributed by atoms with Crippen LogP contribution in [0, 0.1) is 11.3 Å². The summed E-state index contributed by atoms with van der Waals surface area (Å²) in [4.78, 5) is 14.6. The highest BCUT2D eigenvalue weighted by Crippen LogP contribution is 2.39. The van der Waals surface area contributed by atoms with Crippen molar-refractivity contribution in [2.45, 2.75) is 0 Å². The second-order valence-electron chi connectivity index (χ2n) is 10.0. The number of benzene rings is 6. The molecule has 0 bridgehead atoms. The Morgan fingerprint density at radius 2 is 0.952 bits per heavy atom. The predicted octanol–water partition coefficient (Wildman–Crippen LogP) is 9.23. The van der Waals surface area contributed by atoms with E-state index in [4.69, 9.17) is 15.0 Å². The van der Waals surface area contributed by atoms with Crippen LogP contribution in [0.1, 0.15) is 5.56 Å². The van der Waals surface area contributed by atoms with Crippen molar-refractivity contribution < 1.29 is 0 Å². The molecule has 0 amide bonds. The molecular formula is C38H24N4. The maximum atomic E-state index is 9.52. The topological polar surface area (TPSA) is 62.5 Å². The minimum Gasteiger partial charge on any atom is -0.208 e. The van der Waals surface area contributed by atoms with Gasteiger partial charge < -0.3 is 0 Å². The Balaban J connectivity index is 1.37. The molecule has 42 heavy (non-hydrogen) atoms. The lowest BCUT2D eigenvalue weighted by Gasteiger charge is -2.15. The second kappa shape index (κ2) is 10.9. The van der Waals surface area contributed by atoms with Crippen LogP contribution < -0.4 is 0 Å². The molecule has 0 atom stereocenters. The molecule has 1 heterocycles. The van der Waals surface area contributed by atoms with Crippen molar-refractivity contribution in [1.82, 2.24) is 15.0 Å². The average molecular weight is 537 g/mol. The molecule has 0 spiro atoms. The van der Waals surface area contributed by atoms with Gasteiger partial charge in [0.05, 0.1) is 11.6 Å². The van der Waals surface area contributed by atoms with Crippen LogP contribution in [0.15, 0.2) is 146 Å². The van der Waals surface area contributed by atoms with Crippen molar-refractivity contribution in [2.75, 3.05) is 0 Å². The zero-order valence-electron chi connectivity index (χ0n) is 22.6. The summed E-state index contributed by atoms with van der Waals surface area (Å²) in [7, 11) is 0. The summed E-state index contributed by atoms with van der Waals surface area (Å²) in [6, 6.07) is 51.1. The van der Waals surface area contributed by atoms with Gasteiger partial charge in [0.25, 0.3) is 0 Å². The highest BCUT2D eigenvalue weighted by Gasteiger charge is 2.15. The van der Waals surface area contributed by atoms with Gasteiger partial charge in [-0.15, -0.1) is 0 Å². The average Bonchev–Trinajstić information content (AvgIpc) is 3.08. The van der Waals surface area contributed by atoms with Gasteiger partial charge in [-0.3, -0.25) is 0 Å². The van der Waals surface area contributed by atoms with Gasteiger partial charge in [-0.2, -0.15) is 5.26 Å². The van der Waals surface area contributed by atoms with Gasteiger partial charge >= 0.3 is 0 Å². The second-order valence-corrected chi connectivity index (χ2v) is 10.0. The van der Waals surface area contributed by atoms with Crippen LogP contribution in [0.4, 0.5) is 0 Å². The highest BCUT2D eigenvalue weighted by atomic mass is 15.0. The van der Waals surface area contributed by atoms with Crippen molar-refractivity contribution >= 4 is 10.8 Å². The SMILES string of the molecule is N#Cc1cccc(-c2ccc3ccccc3c2-c2ccc(-c3nc(-c4ccccc4)nc(-c4ccccc4)n3)cc2)c1. The summed E-state index contributed by atoms with van der Waals surface area (Å²) in [5, 5.41) is 11.8. The summed E-state index contributed by atoms with van der Waals surface area (Å²) in [5.74, 6) is 1.89. The third-order valence-electron chi connectivity index (χ3n) is 7.36. The monoisotopic (exact) mass is 536 g/mol. The van der Waals surface area contributed by atoms with Crippen LogP contribution in [-0.2, 0) is 0 Å². The largest absolute Gasteiger partial charge is 0.208 e. The summed E-state index contributed by atoms with van der Waals surface area (Å²) in [5.41, 5.74) is 7.72. The highest BCUT2D eigenvalue weighted by molar-refractivity contribution is 6.04. The fourth-order valence-electron chi connectivity index (χ4n) is 5.30. The molecule has 0 radical (unpaired) electrons. The van der Waals surface area contributed by atoms with Crippen LogP contribution in [0.2, 0.25) is 0 Å². The zero-order chi connectivity index (χ0) is 28.3. The van der Waals surface area contributed by atoms with E-state index in [9.17, 15) is 5.26 Å². The van der Waals surface area contributed by atoms with Gasteiger partial charge in [-0.05, 0) is 45.2 Å². The lowest BCUT2D eigenvalue weighted by molar-refractivity contribution is 1.07. The van der Waals surface area contributed by atoms with Crippen molar-refractivity contribution in [3.63, 3.8) is 0 Å². The standard InChI is InChI=1S/C38H24N4/c39-25-26-10-9-16-32(24-26)34-23-22-27-11-7-8-17-33(27)35(34)28-18-20-31(21-19-28)38-41-36(29-12-3-1-4-13-29)40-37(42-38)30-14-5-2-6-15-30/h1-24H. The first kappa shape index (κ1) is 25.1. The van der Waals surface area contributed by atoms with Crippen molar-refractivity contribution in [1.29, 1.82) is 5.26 Å². The molecule has 4 nitrogen and oxygen atoms in total. The van der Waals surface area contributed by atoms with Crippen LogP contribution in [0.3, 0.4) is 0 Å². The number of fused-ring (bicyclic) bond motifs is 1. The molecule has 7 aromatic rings. The Bertz CT molecular complexity index is 2020. The Labute approximate surface area is 244 Å². The molecule has 0 aliphatic heterocycles. The van der Waals surface area contributed by atoms with Gasteiger partial charge in [0.15, 0.2) is 17.5 Å². The lowest BCUT2D eigenvalue weighted by Crippen LogP contribution is -2.00. The molecular weight excluding hydrogens is 512 g/mol. The van der Waals surface area contributed by atoms with E-state index in [1.54, 1.807) is 0 Å². The van der Waals surface area contributed by atoms with Crippen molar-refractivity contribution in [3.05, 3.63) is 151 Å². The van der Waals surface area contributed by atoms with E-state index in [0.717, 1.165) is 49.7 Å². The summed E-state index contributed by atoms with van der Waals surface area (Å²) in [6.07, 6.45) is 0. The van der Waals surface area contributed by atoms with Crippen LogP contribution in [0.5, 0.6) is 0 Å². The van der Waals surface area contributed by atoms with Crippen molar-refractivity contribution in [2.24, 2.45) is 0 Å². The Kier molecular flexibility index (Phi) is 6.52. The molecule has 0 aliphatic rings. The number of rotatable bonds is 5. The minimum absolute atomic E-state index is 0.620. The van der Waals surface area contributed by atoms with E-state index in [0.29, 0.717) is 23.0 Å². The molecule has 196 valence electrons. The molecule has 0 N–H and O–H groups in total. The number of hydrogen-bond donors (Lipinski definition) is 0.